The third-order valence-corrected chi connectivity index (χ3v) is 3.44. The van der Waals surface area contributed by atoms with Gasteiger partial charge in [0.25, 0.3) is 0 Å². The summed E-state index contributed by atoms with van der Waals surface area (Å²) in [5.41, 5.74) is 2.19. The zero-order chi connectivity index (χ0) is 13.2. The van der Waals surface area contributed by atoms with E-state index < -0.39 is 0 Å². The Balaban J connectivity index is 1.99. The van der Waals surface area contributed by atoms with Crippen molar-refractivity contribution in [1.29, 1.82) is 0 Å². The maximum absolute atomic E-state index is 13.8. The van der Waals surface area contributed by atoms with Crippen molar-refractivity contribution in [3.63, 3.8) is 0 Å². The van der Waals surface area contributed by atoms with Crippen molar-refractivity contribution in [2.45, 2.75) is 25.8 Å². The predicted molar refractivity (Wildman–Crippen MR) is 73.9 cm³/mol. The summed E-state index contributed by atoms with van der Waals surface area (Å²) in [6.07, 6.45) is 2.15. The number of halogens is 1. The van der Waals surface area contributed by atoms with Gasteiger partial charge in [0, 0.05) is 29.4 Å². The van der Waals surface area contributed by atoms with Gasteiger partial charge in [0.2, 0.25) is 0 Å². The number of hydrogen-bond acceptors (Lipinski definition) is 3. The van der Waals surface area contributed by atoms with E-state index in [1.165, 1.54) is 6.07 Å². The molecular weight excluding hydrogens is 243 g/mol. The molecule has 4 heteroatoms. The molecule has 0 amide bonds. The van der Waals surface area contributed by atoms with Crippen molar-refractivity contribution in [2.24, 2.45) is 0 Å². The van der Waals surface area contributed by atoms with Gasteiger partial charge in [-0.05, 0) is 31.9 Å². The number of anilines is 1. The Bertz CT molecular complexity index is 594. The van der Waals surface area contributed by atoms with Crippen LogP contribution < -0.4 is 5.32 Å². The molecule has 2 heterocycles. The summed E-state index contributed by atoms with van der Waals surface area (Å²) in [6.45, 7) is 3.43. The fourth-order valence-corrected chi connectivity index (χ4v) is 2.54. The molecule has 1 saturated heterocycles. The number of rotatable bonds is 2. The number of para-hydroxylation sites is 1. The number of aromatic nitrogens is 1. The Labute approximate surface area is 111 Å². The highest BCUT2D eigenvalue weighted by Crippen LogP contribution is 2.26. The fraction of sp³-hybridized carbons (Fsp3) is 0.400. The second-order valence-electron chi connectivity index (χ2n) is 5.01. The fourth-order valence-electron chi connectivity index (χ4n) is 2.54. The van der Waals surface area contributed by atoms with Gasteiger partial charge >= 0.3 is 0 Å². The summed E-state index contributed by atoms with van der Waals surface area (Å²) >= 11 is 0. The summed E-state index contributed by atoms with van der Waals surface area (Å²) in [5, 5.41) is 4.29. The van der Waals surface area contributed by atoms with E-state index >= 15 is 0 Å². The van der Waals surface area contributed by atoms with Gasteiger partial charge < -0.3 is 10.1 Å². The highest BCUT2D eigenvalue weighted by Gasteiger charge is 2.15. The van der Waals surface area contributed by atoms with E-state index in [2.05, 4.69) is 10.3 Å². The third-order valence-electron chi connectivity index (χ3n) is 3.44. The van der Waals surface area contributed by atoms with Crippen LogP contribution in [0, 0.1) is 12.7 Å². The van der Waals surface area contributed by atoms with Crippen LogP contribution in [0.25, 0.3) is 10.9 Å². The van der Waals surface area contributed by atoms with Crippen LogP contribution in [0.5, 0.6) is 0 Å². The molecule has 1 aromatic heterocycles. The molecule has 1 atom stereocenters. The normalized spacial score (nSPS) is 19.6. The first-order valence-electron chi connectivity index (χ1n) is 6.64. The molecule has 0 spiro atoms. The van der Waals surface area contributed by atoms with Gasteiger partial charge in [0.05, 0.1) is 6.61 Å². The van der Waals surface area contributed by atoms with Crippen LogP contribution in [0.1, 0.15) is 18.5 Å². The van der Waals surface area contributed by atoms with Crippen LogP contribution in [-0.2, 0) is 4.74 Å². The molecule has 0 saturated carbocycles. The van der Waals surface area contributed by atoms with E-state index in [1.807, 2.05) is 19.1 Å². The molecule has 19 heavy (non-hydrogen) atoms. The first-order valence-corrected chi connectivity index (χ1v) is 6.64. The molecule has 2 aromatic rings. The molecule has 1 aromatic carbocycles. The molecular formula is C15H17FN2O. The largest absolute Gasteiger partial charge is 0.379 e. The maximum atomic E-state index is 13.8. The molecule has 0 radical (unpaired) electrons. The SMILES string of the molecule is Cc1cc(N[C@H]2CCCOC2)c2cccc(F)c2n1. The predicted octanol–water partition coefficient (Wildman–Crippen LogP) is 3.27. The highest BCUT2D eigenvalue weighted by atomic mass is 19.1. The lowest BCUT2D eigenvalue weighted by Crippen LogP contribution is -2.30. The number of hydrogen-bond donors (Lipinski definition) is 1. The van der Waals surface area contributed by atoms with Gasteiger partial charge in [-0.15, -0.1) is 0 Å². The van der Waals surface area contributed by atoms with Gasteiger partial charge in [0.15, 0.2) is 0 Å². The summed E-state index contributed by atoms with van der Waals surface area (Å²) in [4.78, 5) is 4.28. The number of benzene rings is 1. The molecule has 1 fully saturated rings. The van der Waals surface area contributed by atoms with Crippen molar-refractivity contribution in [1.82, 2.24) is 4.98 Å². The average Bonchev–Trinajstić information content (AvgIpc) is 2.41. The molecule has 1 aliphatic heterocycles. The van der Waals surface area contributed by atoms with Gasteiger partial charge in [-0.3, -0.25) is 0 Å². The van der Waals surface area contributed by atoms with Crippen LogP contribution in [-0.4, -0.2) is 24.2 Å². The first kappa shape index (κ1) is 12.4. The molecule has 3 rings (SSSR count). The topological polar surface area (TPSA) is 34.1 Å². The van der Waals surface area contributed by atoms with Crippen molar-refractivity contribution >= 4 is 16.6 Å². The molecule has 100 valence electrons. The van der Waals surface area contributed by atoms with Gasteiger partial charge in [-0.1, -0.05) is 12.1 Å². The Morgan fingerprint density at radius 1 is 1.42 bits per heavy atom. The molecule has 1 N–H and O–H groups in total. The summed E-state index contributed by atoms with van der Waals surface area (Å²) < 4.78 is 19.3. The average molecular weight is 260 g/mol. The number of aryl methyl sites for hydroxylation is 1. The Hall–Kier alpha value is -1.68. The monoisotopic (exact) mass is 260 g/mol. The van der Waals surface area contributed by atoms with Crippen LogP contribution in [0.15, 0.2) is 24.3 Å². The highest BCUT2D eigenvalue weighted by molar-refractivity contribution is 5.91. The third kappa shape index (κ3) is 2.54. The molecule has 3 nitrogen and oxygen atoms in total. The van der Waals surface area contributed by atoms with Crippen molar-refractivity contribution < 1.29 is 9.13 Å². The van der Waals surface area contributed by atoms with Crippen LogP contribution in [0.4, 0.5) is 10.1 Å². The van der Waals surface area contributed by atoms with Crippen LogP contribution in [0.3, 0.4) is 0 Å². The number of nitrogens with one attached hydrogen (secondary N) is 1. The Morgan fingerprint density at radius 2 is 2.32 bits per heavy atom. The number of fused-ring (bicyclic) bond motifs is 1. The standard InChI is InChI=1S/C15H17FN2O/c1-10-8-14(18-11-4-3-7-19-9-11)12-5-2-6-13(16)15(12)17-10/h2,5-6,8,11H,3-4,7,9H2,1H3,(H,17,18)/t11-/m0/s1. The zero-order valence-corrected chi connectivity index (χ0v) is 10.9. The molecule has 1 aliphatic rings. The zero-order valence-electron chi connectivity index (χ0n) is 10.9. The minimum atomic E-state index is -0.274. The Kier molecular flexibility index (Phi) is 3.34. The van der Waals surface area contributed by atoms with E-state index in [9.17, 15) is 4.39 Å². The molecule has 0 aliphatic carbocycles. The van der Waals surface area contributed by atoms with Crippen molar-refractivity contribution in [3.05, 3.63) is 35.8 Å². The first-order chi connectivity index (χ1) is 9.24. The second kappa shape index (κ2) is 5.13. The van der Waals surface area contributed by atoms with E-state index in [0.717, 1.165) is 36.2 Å². The molecule has 0 unspecified atom stereocenters. The molecule has 0 bridgehead atoms. The summed E-state index contributed by atoms with van der Waals surface area (Å²) in [6, 6.07) is 7.33. The van der Waals surface area contributed by atoms with Crippen molar-refractivity contribution in [3.8, 4) is 0 Å². The number of pyridine rings is 1. The number of nitrogens with zero attached hydrogens (tertiary/aromatic N) is 1. The van der Waals surface area contributed by atoms with Gasteiger partial charge in [-0.25, -0.2) is 9.37 Å². The van der Waals surface area contributed by atoms with E-state index in [4.69, 9.17) is 4.74 Å². The minimum Gasteiger partial charge on any atom is -0.379 e. The minimum absolute atomic E-state index is 0.274. The van der Waals surface area contributed by atoms with Gasteiger partial charge in [0.1, 0.15) is 11.3 Å². The maximum Gasteiger partial charge on any atom is 0.149 e. The van der Waals surface area contributed by atoms with Gasteiger partial charge in [-0.2, -0.15) is 0 Å². The lowest BCUT2D eigenvalue weighted by Gasteiger charge is -2.25. The lowest BCUT2D eigenvalue weighted by atomic mass is 10.1. The van der Waals surface area contributed by atoms with Crippen LogP contribution >= 0.6 is 0 Å². The quantitative estimate of drug-likeness (QED) is 0.899. The second-order valence-corrected chi connectivity index (χ2v) is 5.01. The van der Waals surface area contributed by atoms with E-state index in [-0.39, 0.29) is 5.82 Å². The van der Waals surface area contributed by atoms with Crippen LogP contribution in [0.2, 0.25) is 0 Å². The Morgan fingerprint density at radius 3 is 3.11 bits per heavy atom. The van der Waals surface area contributed by atoms with E-state index in [1.54, 1.807) is 6.07 Å². The van der Waals surface area contributed by atoms with Crippen molar-refractivity contribution in [2.75, 3.05) is 18.5 Å². The summed E-state index contributed by atoms with van der Waals surface area (Å²) in [7, 11) is 0. The smallest absolute Gasteiger partial charge is 0.149 e. The van der Waals surface area contributed by atoms with E-state index in [0.29, 0.717) is 18.2 Å². The number of ether oxygens (including phenoxy) is 1. The summed E-state index contributed by atoms with van der Waals surface area (Å²) in [5.74, 6) is -0.274. The lowest BCUT2D eigenvalue weighted by molar-refractivity contribution is 0.0876.